The van der Waals surface area contributed by atoms with E-state index >= 15 is 0 Å². The summed E-state index contributed by atoms with van der Waals surface area (Å²) in [4.78, 5) is 18.5. The molecule has 0 unspecified atom stereocenters. The van der Waals surface area contributed by atoms with Crippen molar-refractivity contribution in [1.82, 2.24) is 19.7 Å². The Kier molecular flexibility index (Phi) is 4.20. The summed E-state index contributed by atoms with van der Waals surface area (Å²) in [7, 11) is 0. The van der Waals surface area contributed by atoms with Gasteiger partial charge >= 0.3 is 6.09 Å². The Hall–Kier alpha value is -3.81. The maximum Gasteiger partial charge on any atom is 0.417 e. The van der Waals surface area contributed by atoms with Crippen molar-refractivity contribution in [3.8, 4) is 11.6 Å². The van der Waals surface area contributed by atoms with Gasteiger partial charge in [0, 0.05) is 17.5 Å². The summed E-state index contributed by atoms with van der Waals surface area (Å²) in [5.41, 5.74) is 3.32. The molecule has 30 heavy (non-hydrogen) atoms. The van der Waals surface area contributed by atoms with Gasteiger partial charge in [-0.25, -0.2) is 18.3 Å². The number of carbonyl (C=O) groups is 1. The molecule has 4 aromatic rings. The average molecular weight is 406 g/mol. The second-order valence-corrected chi connectivity index (χ2v) is 7.15. The smallest absolute Gasteiger partial charge is 0.391 e. The summed E-state index contributed by atoms with van der Waals surface area (Å²) in [5, 5.41) is 5.32. The molecule has 1 aliphatic rings. The molecule has 1 aliphatic heterocycles. The summed E-state index contributed by atoms with van der Waals surface area (Å²) >= 11 is 0. The summed E-state index contributed by atoms with van der Waals surface area (Å²) < 4.78 is 33.8. The molecule has 0 saturated carbocycles. The minimum absolute atomic E-state index is 0.214. The standard InChI is InChI=1S/C22H16F2N4O2/c1-13-19-10-15-12-27(11-14-3-2-4-17(24)9-14)22(29)30-21(15)25-20(19)28(26-13)18-7-5-16(23)6-8-18/h2-10H,11-12H2,1H3. The number of hydrogen-bond acceptors (Lipinski definition) is 4. The van der Waals surface area contributed by atoms with E-state index in [9.17, 15) is 13.6 Å². The highest BCUT2D eigenvalue weighted by atomic mass is 19.1. The van der Waals surface area contributed by atoms with Gasteiger partial charge in [-0.1, -0.05) is 12.1 Å². The largest absolute Gasteiger partial charge is 0.417 e. The molecule has 5 rings (SSSR count). The van der Waals surface area contributed by atoms with Crippen LogP contribution in [0.1, 0.15) is 16.8 Å². The van der Waals surface area contributed by atoms with E-state index in [2.05, 4.69) is 10.1 Å². The van der Waals surface area contributed by atoms with Crippen molar-refractivity contribution in [3.05, 3.63) is 83.1 Å². The molecule has 6 nitrogen and oxygen atoms in total. The number of halogens is 2. The molecular weight excluding hydrogens is 390 g/mol. The van der Waals surface area contributed by atoms with E-state index in [0.717, 1.165) is 16.6 Å². The van der Waals surface area contributed by atoms with Crippen LogP contribution in [0.4, 0.5) is 13.6 Å². The number of benzene rings is 2. The van der Waals surface area contributed by atoms with Gasteiger partial charge in [-0.2, -0.15) is 10.1 Å². The Morgan fingerprint density at radius 2 is 1.87 bits per heavy atom. The zero-order valence-corrected chi connectivity index (χ0v) is 16.0. The van der Waals surface area contributed by atoms with Crippen LogP contribution >= 0.6 is 0 Å². The fraction of sp³-hybridized carbons (Fsp3) is 0.136. The number of aromatic nitrogens is 3. The van der Waals surface area contributed by atoms with E-state index in [1.54, 1.807) is 28.9 Å². The van der Waals surface area contributed by atoms with Crippen molar-refractivity contribution in [3.63, 3.8) is 0 Å². The van der Waals surface area contributed by atoms with Gasteiger partial charge in [0.15, 0.2) is 5.65 Å². The Bertz CT molecular complexity index is 1280. The number of nitrogens with zero attached hydrogens (tertiary/aromatic N) is 4. The number of ether oxygens (including phenoxy) is 1. The Balaban J connectivity index is 1.52. The van der Waals surface area contributed by atoms with E-state index in [-0.39, 0.29) is 30.6 Å². The summed E-state index contributed by atoms with van der Waals surface area (Å²) in [5.74, 6) is -0.485. The number of carbonyl (C=O) groups excluding carboxylic acids is 1. The molecule has 0 radical (unpaired) electrons. The lowest BCUT2D eigenvalue weighted by Gasteiger charge is -2.27. The third-order valence-electron chi connectivity index (χ3n) is 5.02. The highest BCUT2D eigenvalue weighted by Gasteiger charge is 2.28. The van der Waals surface area contributed by atoms with Gasteiger partial charge in [0.2, 0.25) is 5.88 Å². The van der Waals surface area contributed by atoms with Crippen LogP contribution < -0.4 is 4.74 Å². The second kappa shape index (κ2) is 6.91. The first-order valence-electron chi connectivity index (χ1n) is 9.34. The molecule has 0 atom stereocenters. The summed E-state index contributed by atoms with van der Waals surface area (Å²) in [6.45, 7) is 2.37. The van der Waals surface area contributed by atoms with Gasteiger partial charge < -0.3 is 4.74 Å². The zero-order valence-electron chi connectivity index (χ0n) is 16.0. The molecule has 0 saturated heterocycles. The van der Waals surface area contributed by atoms with Crippen molar-refractivity contribution in [2.45, 2.75) is 20.0 Å². The predicted octanol–water partition coefficient (Wildman–Crippen LogP) is 4.52. The number of fused-ring (bicyclic) bond motifs is 2. The minimum Gasteiger partial charge on any atom is -0.391 e. The lowest BCUT2D eigenvalue weighted by Crippen LogP contribution is -2.36. The van der Waals surface area contributed by atoms with E-state index in [4.69, 9.17) is 4.74 Å². The fourth-order valence-corrected chi connectivity index (χ4v) is 3.57. The maximum absolute atomic E-state index is 13.5. The lowest BCUT2D eigenvalue weighted by atomic mass is 10.1. The van der Waals surface area contributed by atoms with Crippen LogP contribution in [0.15, 0.2) is 54.6 Å². The van der Waals surface area contributed by atoms with Crippen LogP contribution in [0, 0.1) is 18.6 Å². The van der Waals surface area contributed by atoms with Crippen LogP contribution in [-0.4, -0.2) is 25.8 Å². The highest BCUT2D eigenvalue weighted by molar-refractivity contribution is 5.83. The predicted molar refractivity (Wildman–Crippen MR) is 105 cm³/mol. The average Bonchev–Trinajstić information content (AvgIpc) is 3.03. The van der Waals surface area contributed by atoms with E-state index in [1.807, 2.05) is 13.0 Å². The van der Waals surface area contributed by atoms with Crippen molar-refractivity contribution >= 4 is 17.1 Å². The van der Waals surface area contributed by atoms with Crippen LogP contribution in [0.2, 0.25) is 0 Å². The Labute approximate surface area is 170 Å². The molecular formula is C22H16F2N4O2. The van der Waals surface area contributed by atoms with E-state index in [1.165, 1.54) is 29.2 Å². The summed E-state index contributed by atoms with van der Waals surface area (Å²) in [6.07, 6.45) is -0.553. The number of rotatable bonds is 3. The molecule has 0 spiro atoms. The SMILES string of the molecule is Cc1nn(-c2ccc(F)cc2)c2nc3c(cc12)CN(Cc1cccc(F)c1)C(=O)O3. The van der Waals surface area contributed by atoms with Crippen LogP contribution in [0.5, 0.6) is 5.88 Å². The number of aryl methyl sites for hydroxylation is 1. The van der Waals surface area contributed by atoms with Crippen LogP contribution in [0.25, 0.3) is 16.7 Å². The lowest BCUT2D eigenvalue weighted by molar-refractivity contribution is 0.133. The van der Waals surface area contributed by atoms with Gasteiger partial charge in [-0.3, -0.25) is 4.90 Å². The maximum atomic E-state index is 13.5. The molecule has 0 aliphatic carbocycles. The normalized spacial score (nSPS) is 13.4. The minimum atomic E-state index is -0.553. The molecule has 150 valence electrons. The quantitative estimate of drug-likeness (QED) is 0.502. The number of amides is 1. The van der Waals surface area contributed by atoms with Crippen molar-refractivity contribution in [2.24, 2.45) is 0 Å². The number of pyridine rings is 1. The van der Waals surface area contributed by atoms with Gasteiger partial charge in [0.1, 0.15) is 11.6 Å². The molecule has 0 bridgehead atoms. The molecule has 2 aromatic heterocycles. The van der Waals surface area contributed by atoms with Gasteiger partial charge in [-0.15, -0.1) is 0 Å². The van der Waals surface area contributed by atoms with E-state index < -0.39 is 6.09 Å². The summed E-state index contributed by atoms with van der Waals surface area (Å²) in [6, 6.07) is 13.9. The fourth-order valence-electron chi connectivity index (χ4n) is 3.57. The highest BCUT2D eigenvalue weighted by Crippen LogP contribution is 2.31. The molecule has 2 aromatic carbocycles. The Morgan fingerprint density at radius 3 is 2.63 bits per heavy atom. The first kappa shape index (κ1) is 18.2. The van der Waals surface area contributed by atoms with Crippen LogP contribution in [-0.2, 0) is 13.1 Å². The first-order chi connectivity index (χ1) is 14.5. The molecule has 1 amide bonds. The monoisotopic (exact) mass is 406 g/mol. The molecule has 3 heterocycles. The number of hydrogen-bond donors (Lipinski definition) is 0. The zero-order chi connectivity index (χ0) is 20.8. The third kappa shape index (κ3) is 3.16. The van der Waals surface area contributed by atoms with Crippen LogP contribution in [0.3, 0.4) is 0 Å². The van der Waals surface area contributed by atoms with Crippen molar-refractivity contribution < 1.29 is 18.3 Å². The molecule has 0 N–H and O–H groups in total. The molecule has 8 heteroatoms. The van der Waals surface area contributed by atoms with Gasteiger partial charge in [-0.05, 0) is 55.0 Å². The van der Waals surface area contributed by atoms with Gasteiger partial charge in [0.25, 0.3) is 0 Å². The van der Waals surface area contributed by atoms with E-state index in [0.29, 0.717) is 16.9 Å². The topological polar surface area (TPSA) is 60.2 Å². The van der Waals surface area contributed by atoms with Crippen molar-refractivity contribution in [1.29, 1.82) is 0 Å². The first-order valence-corrected chi connectivity index (χ1v) is 9.34. The Morgan fingerprint density at radius 1 is 1.07 bits per heavy atom. The molecule has 0 fully saturated rings. The third-order valence-corrected chi connectivity index (χ3v) is 5.02. The van der Waals surface area contributed by atoms with Gasteiger partial charge in [0.05, 0.1) is 17.9 Å². The second-order valence-electron chi connectivity index (χ2n) is 7.15. The van der Waals surface area contributed by atoms with Crippen molar-refractivity contribution in [2.75, 3.05) is 0 Å².